The van der Waals surface area contributed by atoms with Gasteiger partial charge in [0.25, 0.3) is 5.91 Å². The van der Waals surface area contributed by atoms with Gasteiger partial charge in [-0.25, -0.2) is 8.78 Å². The SMILES string of the molecule is O=C(NCC1COCCO1)c1cc2cc(C3(O)CCN(Cc4ccc(F)c(F)c4)CC3)ccc2o1. The van der Waals surface area contributed by atoms with E-state index in [-0.39, 0.29) is 17.8 Å². The van der Waals surface area contributed by atoms with E-state index in [0.29, 0.717) is 70.0 Å². The molecule has 0 aliphatic carbocycles. The molecular weight excluding hydrogens is 458 g/mol. The van der Waals surface area contributed by atoms with E-state index in [1.165, 1.54) is 6.07 Å². The summed E-state index contributed by atoms with van der Waals surface area (Å²) in [6.45, 7) is 3.57. The molecule has 2 aliphatic heterocycles. The number of carbonyl (C=O) groups excluding carboxylic acids is 1. The summed E-state index contributed by atoms with van der Waals surface area (Å²) in [7, 11) is 0. The van der Waals surface area contributed by atoms with Gasteiger partial charge >= 0.3 is 0 Å². The smallest absolute Gasteiger partial charge is 0.287 e. The fraction of sp³-hybridized carbons (Fsp3) is 0.423. The minimum atomic E-state index is -1.02. The second kappa shape index (κ2) is 10.0. The lowest BCUT2D eigenvalue weighted by molar-refractivity contribution is -0.0856. The van der Waals surface area contributed by atoms with Gasteiger partial charge in [0, 0.05) is 31.6 Å². The highest BCUT2D eigenvalue weighted by Gasteiger charge is 2.34. The van der Waals surface area contributed by atoms with Crippen LogP contribution in [0, 0.1) is 11.6 Å². The molecule has 2 N–H and O–H groups in total. The van der Waals surface area contributed by atoms with Crippen molar-refractivity contribution in [2.75, 3.05) is 39.5 Å². The van der Waals surface area contributed by atoms with E-state index in [4.69, 9.17) is 13.9 Å². The number of fused-ring (bicyclic) bond motifs is 1. The lowest BCUT2D eigenvalue weighted by Gasteiger charge is -2.38. The number of carbonyl (C=O) groups is 1. The number of nitrogens with one attached hydrogen (secondary N) is 1. The predicted octanol–water partition coefficient (Wildman–Crippen LogP) is 3.34. The Bertz CT molecular complexity index is 1200. The van der Waals surface area contributed by atoms with E-state index in [1.54, 1.807) is 18.2 Å². The van der Waals surface area contributed by atoms with Crippen molar-refractivity contribution >= 4 is 16.9 Å². The molecule has 2 aliphatic rings. The zero-order valence-corrected chi connectivity index (χ0v) is 19.3. The summed E-state index contributed by atoms with van der Waals surface area (Å²) < 4.78 is 43.3. The summed E-state index contributed by atoms with van der Waals surface area (Å²) in [5.74, 6) is -1.85. The van der Waals surface area contributed by atoms with E-state index in [0.717, 1.165) is 17.0 Å². The molecule has 0 spiro atoms. The van der Waals surface area contributed by atoms with Crippen LogP contribution in [-0.4, -0.2) is 61.5 Å². The summed E-state index contributed by atoms with van der Waals surface area (Å²) >= 11 is 0. The number of nitrogens with zero attached hydrogens (tertiary/aromatic N) is 1. The second-order valence-electron chi connectivity index (χ2n) is 9.20. The largest absolute Gasteiger partial charge is 0.451 e. The number of benzene rings is 2. The molecule has 9 heteroatoms. The van der Waals surface area contributed by atoms with Crippen LogP contribution in [0.25, 0.3) is 11.0 Å². The van der Waals surface area contributed by atoms with E-state index in [2.05, 4.69) is 10.2 Å². The summed E-state index contributed by atoms with van der Waals surface area (Å²) in [6, 6.07) is 11.1. The van der Waals surface area contributed by atoms with Crippen molar-refractivity contribution in [3.63, 3.8) is 0 Å². The van der Waals surface area contributed by atoms with Crippen LogP contribution in [0.1, 0.15) is 34.5 Å². The van der Waals surface area contributed by atoms with Gasteiger partial charge in [-0.1, -0.05) is 12.1 Å². The van der Waals surface area contributed by atoms with E-state index < -0.39 is 17.2 Å². The molecule has 186 valence electrons. The van der Waals surface area contributed by atoms with Crippen LogP contribution < -0.4 is 5.32 Å². The number of ether oxygens (including phenoxy) is 2. The van der Waals surface area contributed by atoms with Gasteiger partial charge < -0.3 is 24.3 Å². The fourth-order valence-electron chi connectivity index (χ4n) is 4.66. The number of amides is 1. The first-order chi connectivity index (χ1) is 16.9. The van der Waals surface area contributed by atoms with Gasteiger partial charge in [0.1, 0.15) is 5.58 Å². The molecule has 35 heavy (non-hydrogen) atoms. The number of hydrogen-bond donors (Lipinski definition) is 2. The van der Waals surface area contributed by atoms with Crippen molar-refractivity contribution in [3.8, 4) is 0 Å². The Morgan fingerprint density at radius 3 is 2.66 bits per heavy atom. The van der Waals surface area contributed by atoms with Crippen LogP contribution in [0.3, 0.4) is 0 Å². The Morgan fingerprint density at radius 2 is 1.91 bits per heavy atom. The maximum absolute atomic E-state index is 13.5. The molecular formula is C26H28F2N2O5. The fourth-order valence-corrected chi connectivity index (χ4v) is 4.66. The summed E-state index contributed by atoms with van der Waals surface area (Å²) in [5.41, 5.74) is 1.01. The molecule has 3 aromatic rings. The number of hydrogen-bond acceptors (Lipinski definition) is 6. The molecule has 1 atom stereocenters. The molecule has 3 heterocycles. The quantitative estimate of drug-likeness (QED) is 0.556. The number of piperidine rings is 1. The first-order valence-corrected chi connectivity index (χ1v) is 11.8. The van der Waals surface area contributed by atoms with Crippen molar-refractivity contribution in [2.24, 2.45) is 0 Å². The molecule has 5 rings (SSSR count). The van der Waals surface area contributed by atoms with Crippen LogP contribution >= 0.6 is 0 Å². The lowest BCUT2D eigenvalue weighted by atomic mass is 9.84. The highest BCUT2D eigenvalue weighted by molar-refractivity contribution is 5.96. The van der Waals surface area contributed by atoms with Gasteiger partial charge in [0.05, 0.1) is 31.5 Å². The Labute approximate surface area is 201 Å². The molecule has 2 fully saturated rings. The normalized spacial score (nSPS) is 20.7. The molecule has 2 aromatic carbocycles. The maximum Gasteiger partial charge on any atom is 0.287 e. The van der Waals surface area contributed by atoms with Crippen LogP contribution in [0.15, 0.2) is 46.9 Å². The number of rotatable bonds is 6. The molecule has 2 saturated heterocycles. The molecule has 0 bridgehead atoms. The Balaban J connectivity index is 1.21. The number of furan rings is 1. The molecule has 0 saturated carbocycles. The predicted molar refractivity (Wildman–Crippen MR) is 124 cm³/mol. The van der Waals surface area contributed by atoms with Gasteiger partial charge in [0.2, 0.25) is 0 Å². The van der Waals surface area contributed by atoms with E-state index in [1.807, 2.05) is 12.1 Å². The van der Waals surface area contributed by atoms with Crippen molar-refractivity contribution in [1.82, 2.24) is 10.2 Å². The highest BCUT2D eigenvalue weighted by atomic mass is 19.2. The first-order valence-electron chi connectivity index (χ1n) is 11.8. The molecule has 7 nitrogen and oxygen atoms in total. The second-order valence-corrected chi connectivity index (χ2v) is 9.20. The molecule has 1 unspecified atom stereocenters. The highest BCUT2D eigenvalue weighted by Crippen LogP contribution is 2.35. The molecule has 1 amide bonds. The van der Waals surface area contributed by atoms with Gasteiger partial charge in [0.15, 0.2) is 17.4 Å². The third kappa shape index (κ3) is 5.38. The van der Waals surface area contributed by atoms with Crippen molar-refractivity contribution in [3.05, 3.63) is 71.0 Å². The van der Waals surface area contributed by atoms with Crippen LogP contribution in [0.5, 0.6) is 0 Å². The Morgan fingerprint density at radius 1 is 1.09 bits per heavy atom. The van der Waals surface area contributed by atoms with Gasteiger partial charge in [-0.3, -0.25) is 9.69 Å². The number of aliphatic hydroxyl groups is 1. The molecule has 0 radical (unpaired) electrons. The van der Waals surface area contributed by atoms with Crippen molar-refractivity contribution < 1.29 is 32.6 Å². The average molecular weight is 487 g/mol. The lowest BCUT2D eigenvalue weighted by Crippen LogP contribution is -2.42. The van der Waals surface area contributed by atoms with Crippen LogP contribution in [0.4, 0.5) is 8.78 Å². The minimum Gasteiger partial charge on any atom is -0.451 e. The van der Waals surface area contributed by atoms with Gasteiger partial charge in [-0.05, 0) is 54.3 Å². The minimum absolute atomic E-state index is 0.175. The van der Waals surface area contributed by atoms with E-state index in [9.17, 15) is 18.7 Å². The van der Waals surface area contributed by atoms with E-state index >= 15 is 0 Å². The summed E-state index contributed by atoms with van der Waals surface area (Å²) in [6.07, 6.45) is 0.819. The summed E-state index contributed by atoms with van der Waals surface area (Å²) in [4.78, 5) is 14.6. The standard InChI is InChI=1S/C26H28F2N2O5/c27-21-3-1-17(11-22(21)28)15-30-7-5-26(32,6-8-30)19-2-4-23-18(12-19)13-24(35-23)25(31)29-14-20-16-33-9-10-34-20/h1-4,11-13,20,32H,5-10,14-16H2,(H,29,31). The van der Waals surface area contributed by atoms with Crippen LogP contribution in [0.2, 0.25) is 0 Å². The first kappa shape index (κ1) is 23.9. The number of halogens is 2. The molecule has 1 aromatic heterocycles. The van der Waals surface area contributed by atoms with Gasteiger partial charge in [-0.15, -0.1) is 0 Å². The maximum atomic E-state index is 13.5. The number of likely N-dealkylation sites (tertiary alicyclic amines) is 1. The van der Waals surface area contributed by atoms with Crippen LogP contribution in [-0.2, 0) is 21.6 Å². The zero-order valence-electron chi connectivity index (χ0n) is 19.3. The monoisotopic (exact) mass is 486 g/mol. The Hall–Kier alpha value is -2.85. The third-order valence-corrected chi connectivity index (χ3v) is 6.73. The summed E-state index contributed by atoms with van der Waals surface area (Å²) in [5, 5.41) is 14.9. The zero-order chi connectivity index (χ0) is 24.4. The Kier molecular flexibility index (Phi) is 6.84. The van der Waals surface area contributed by atoms with Crippen molar-refractivity contribution in [2.45, 2.75) is 31.1 Å². The topological polar surface area (TPSA) is 84.2 Å². The van der Waals surface area contributed by atoms with Gasteiger partial charge in [-0.2, -0.15) is 0 Å². The average Bonchev–Trinajstić information content (AvgIpc) is 3.31. The van der Waals surface area contributed by atoms with Crippen molar-refractivity contribution in [1.29, 1.82) is 0 Å². The third-order valence-electron chi connectivity index (χ3n) is 6.73.